The number of amides is 1. The SMILES string of the molecule is Cc1ccc(C(NC(=O)CSc2nncn2C)c2cccnc2)cc1C. The van der Waals surface area contributed by atoms with E-state index in [1.54, 1.807) is 23.3 Å². The van der Waals surface area contributed by atoms with Crippen molar-refractivity contribution in [1.29, 1.82) is 0 Å². The van der Waals surface area contributed by atoms with Gasteiger partial charge in [0.1, 0.15) is 6.33 Å². The van der Waals surface area contributed by atoms with Crippen LogP contribution in [0.25, 0.3) is 0 Å². The number of aryl methyl sites for hydroxylation is 3. The summed E-state index contributed by atoms with van der Waals surface area (Å²) in [7, 11) is 1.85. The number of nitrogens with one attached hydrogen (secondary N) is 1. The third-order valence-corrected chi connectivity index (χ3v) is 5.22. The minimum Gasteiger partial charge on any atom is -0.344 e. The predicted molar refractivity (Wildman–Crippen MR) is 102 cm³/mol. The molecule has 3 aromatic rings. The number of hydrogen-bond acceptors (Lipinski definition) is 5. The van der Waals surface area contributed by atoms with Gasteiger partial charge in [0, 0.05) is 19.4 Å². The summed E-state index contributed by atoms with van der Waals surface area (Å²) in [6.45, 7) is 4.15. The Morgan fingerprint density at radius 3 is 2.73 bits per heavy atom. The van der Waals surface area contributed by atoms with Gasteiger partial charge in [0.05, 0.1) is 11.8 Å². The van der Waals surface area contributed by atoms with Crippen molar-refractivity contribution in [1.82, 2.24) is 25.1 Å². The van der Waals surface area contributed by atoms with E-state index in [0.29, 0.717) is 5.16 Å². The second-order valence-electron chi connectivity index (χ2n) is 6.14. The van der Waals surface area contributed by atoms with Crippen LogP contribution < -0.4 is 5.32 Å². The third-order valence-electron chi connectivity index (χ3n) is 4.19. The van der Waals surface area contributed by atoms with Gasteiger partial charge in [0.25, 0.3) is 0 Å². The van der Waals surface area contributed by atoms with Crippen molar-refractivity contribution >= 4 is 17.7 Å². The molecule has 2 heterocycles. The van der Waals surface area contributed by atoms with E-state index < -0.39 is 0 Å². The molecule has 0 saturated heterocycles. The first-order valence-electron chi connectivity index (χ1n) is 8.28. The van der Waals surface area contributed by atoms with Crippen molar-refractivity contribution < 1.29 is 4.79 Å². The highest BCUT2D eigenvalue weighted by Crippen LogP contribution is 2.24. The maximum Gasteiger partial charge on any atom is 0.231 e. The Kier molecular flexibility index (Phi) is 5.68. The van der Waals surface area contributed by atoms with E-state index >= 15 is 0 Å². The molecule has 0 aliphatic heterocycles. The summed E-state index contributed by atoms with van der Waals surface area (Å²) >= 11 is 1.36. The second-order valence-corrected chi connectivity index (χ2v) is 7.09. The number of carbonyl (C=O) groups excluding carboxylic acids is 1. The first kappa shape index (κ1) is 18.1. The molecule has 1 atom stereocenters. The lowest BCUT2D eigenvalue weighted by atomic mass is 9.96. The highest BCUT2D eigenvalue weighted by molar-refractivity contribution is 7.99. The van der Waals surface area contributed by atoms with Crippen LogP contribution in [0.5, 0.6) is 0 Å². The minimum atomic E-state index is -0.240. The quantitative estimate of drug-likeness (QED) is 0.678. The number of rotatable bonds is 6. The van der Waals surface area contributed by atoms with Crippen LogP contribution >= 0.6 is 11.8 Å². The lowest BCUT2D eigenvalue weighted by Gasteiger charge is -2.20. The fourth-order valence-corrected chi connectivity index (χ4v) is 3.29. The first-order chi connectivity index (χ1) is 12.5. The van der Waals surface area contributed by atoms with Crippen LogP contribution in [0.4, 0.5) is 0 Å². The van der Waals surface area contributed by atoms with E-state index in [-0.39, 0.29) is 17.7 Å². The number of aromatic nitrogens is 4. The van der Waals surface area contributed by atoms with E-state index in [1.165, 1.54) is 22.9 Å². The van der Waals surface area contributed by atoms with Crippen molar-refractivity contribution in [3.8, 4) is 0 Å². The predicted octanol–water partition coefficient (Wildman–Crippen LogP) is 2.82. The van der Waals surface area contributed by atoms with Gasteiger partial charge in [-0.15, -0.1) is 10.2 Å². The van der Waals surface area contributed by atoms with Gasteiger partial charge in [-0.05, 0) is 42.2 Å². The molecule has 0 fully saturated rings. The first-order valence-corrected chi connectivity index (χ1v) is 9.26. The zero-order valence-electron chi connectivity index (χ0n) is 15.0. The molecule has 2 aromatic heterocycles. The zero-order valence-corrected chi connectivity index (χ0v) is 15.8. The molecular formula is C19H21N5OS. The zero-order chi connectivity index (χ0) is 18.5. The van der Waals surface area contributed by atoms with Crippen LogP contribution in [0.2, 0.25) is 0 Å². The molecule has 3 rings (SSSR count). The molecule has 1 amide bonds. The van der Waals surface area contributed by atoms with Gasteiger partial charge in [-0.2, -0.15) is 0 Å². The molecular weight excluding hydrogens is 346 g/mol. The maximum absolute atomic E-state index is 12.5. The molecule has 0 aliphatic rings. The van der Waals surface area contributed by atoms with Crippen molar-refractivity contribution in [2.75, 3.05) is 5.75 Å². The normalized spacial score (nSPS) is 12.0. The Hall–Kier alpha value is -2.67. The molecule has 1 aromatic carbocycles. The fourth-order valence-electron chi connectivity index (χ4n) is 2.59. The van der Waals surface area contributed by atoms with E-state index in [0.717, 1.165) is 11.1 Å². The summed E-state index contributed by atoms with van der Waals surface area (Å²) in [5, 5.41) is 11.6. The number of hydrogen-bond donors (Lipinski definition) is 1. The van der Waals surface area contributed by atoms with Crippen molar-refractivity contribution in [2.45, 2.75) is 25.0 Å². The lowest BCUT2D eigenvalue weighted by Crippen LogP contribution is -2.31. The largest absolute Gasteiger partial charge is 0.344 e. The molecule has 26 heavy (non-hydrogen) atoms. The Labute approximate surface area is 157 Å². The molecule has 1 N–H and O–H groups in total. The summed E-state index contributed by atoms with van der Waals surface area (Å²) in [5.41, 5.74) is 4.41. The van der Waals surface area contributed by atoms with Gasteiger partial charge in [-0.3, -0.25) is 9.78 Å². The summed E-state index contributed by atoms with van der Waals surface area (Å²) in [6, 6.07) is 9.86. The molecule has 0 aliphatic carbocycles. The minimum absolute atomic E-state index is 0.0647. The number of thioether (sulfide) groups is 1. The van der Waals surface area contributed by atoms with Gasteiger partial charge in [-0.25, -0.2) is 0 Å². The molecule has 0 radical (unpaired) electrons. The lowest BCUT2D eigenvalue weighted by molar-refractivity contribution is -0.119. The van der Waals surface area contributed by atoms with E-state index in [4.69, 9.17) is 0 Å². The van der Waals surface area contributed by atoms with E-state index in [9.17, 15) is 4.79 Å². The van der Waals surface area contributed by atoms with Crippen molar-refractivity contribution in [3.63, 3.8) is 0 Å². The van der Waals surface area contributed by atoms with Crippen LogP contribution in [0.15, 0.2) is 54.2 Å². The van der Waals surface area contributed by atoms with Gasteiger partial charge >= 0.3 is 0 Å². The Balaban J connectivity index is 1.78. The topological polar surface area (TPSA) is 72.7 Å². The van der Waals surface area contributed by atoms with Crippen LogP contribution in [0.3, 0.4) is 0 Å². The maximum atomic E-state index is 12.5. The third kappa shape index (κ3) is 4.29. The Morgan fingerprint density at radius 2 is 2.08 bits per heavy atom. The standard InChI is InChI=1S/C19H21N5OS/c1-13-6-7-15(9-14(13)2)18(16-5-4-8-20-10-16)22-17(25)11-26-19-23-21-12-24(19)3/h4-10,12,18H,11H2,1-3H3,(H,22,25). The number of carbonyl (C=O) groups is 1. The molecule has 0 bridgehead atoms. The highest BCUT2D eigenvalue weighted by atomic mass is 32.2. The average Bonchev–Trinajstić information content (AvgIpc) is 3.06. The number of nitrogens with zero attached hydrogens (tertiary/aromatic N) is 4. The van der Waals surface area contributed by atoms with E-state index in [2.05, 4.69) is 52.5 Å². The fraction of sp³-hybridized carbons (Fsp3) is 0.263. The van der Waals surface area contributed by atoms with Crippen LogP contribution in [-0.4, -0.2) is 31.4 Å². The smallest absolute Gasteiger partial charge is 0.231 e. The summed E-state index contributed by atoms with van der Waals surface area (Å²) in [5.74, 6) is 0.207. The molecule has 134 valence electrons. The van der Waals surface area contributed by atoms with Crippen molar-refractivity contribution in [3.05, 3.63) is 71.3 Å². The molecule has 7 heteroatoms. The molecule has 6 nitrogen and oxygen atoms in total. The van der Waals surface area contributed by atoms with Crippen LogP contribution in [-0.2, 0) is 11.8 Å². The second kappa shape index (κ2) is 8.14. The summed E-state index contributed by atoms with van der Waals surface area (Å²) in [6.07, 6.45) is 5.14. The van der Waals surface area contributed by atoms with Crippen molar-refractivity contribution in [2.24, 2.45) is 7.05 Å². The molecule has 1 unspecified atom stereocenters. The average molecular weight is 367 g/mol. The number of pyridine rings is 1. The van der Waals surface area contributed by atoms with Gasteiger partial charge in [-0.1, -0.05) is 36.0 Å². The Bertz CT molecular complexity index is 894. The number of benzene rings is 1. The molecule has 0 spiro atoms. The van der Waals surface area contributed by atoms with Gasteiger partial charge in [0.2, 0.25) is 5.91 Å². The monoisotopic (exact) mass is 367 g/mol. The van der Waals surface area contributed by atoms with Gasteiger partial charge < -0.3 is 9.88 Å². The summed E-state index contributed by atoms with van der Waals surface area (Å²) < 4.78 is 1.79. The highest BCUT2D eigenvalue weighted by Gasteiger charge is 2.18. The van der Waals surface area contributed by atoms with Crippen LogP contribution in [0, 0.1) is 13.8 Å². The van der Waals surface area contributed by atoms with Crippen LogP contribution in [0.1, 0.15) is 28.3 Å². The van der Waals surface area contributed by atoms with E-state index in [1.807, 2.05) is 19.2 Å². The summed E-state index contributed by atoms with van der Waals surface area (Å²) in [4.78, 5) is 16.7. The Morgan fingerprint density at radius 1 is 1.23 bits per heavy atom. The molecule has 0 saturated carbocycles. The van der Waals surface area contributed by atoms with Gasteiger partial charge in [0.15, 0.2) is 5.16 Å².